The van der Waals surface area contributed by atoms with Gasteiger partial charge < -0.3 is 9.80 Å². The van der Waals surface area contributed by atoms with Gasteiger partial charge in [-0.05, 0) is 37.7 Å². The molecule has 3 aromatic rings. The number of amides is 1. The van der Waals surface area contributed by atoms with Crippen molar-refractivity contribution in [3.8, 4) is 0 Å². The molecule has 1 amide bonds. The highest BCUT2D eigenvalue weighted by Crippen LogP contribution is 2.34. The summed E-state index contributed by atoms with van der Waals surface area (Å²) in [6.45, 7) is 5.73. The number of carbonyl (C=O) groups is 1. The van der Waals surface area contributed by atoms with Crippen LogP contribution in [0.4, 0.5) is 5.82 Å². The standard InChI is InChI=1S/C25H25N5O2S2/c1-17-6-8-18(9-7-17)16-30-24(32)20(34-25(30)33)15-19-22(28-13-11-27(2)12-14-28)26-21-5-3-4-10-29(21)23(19)31/h3-10,15H,11-14,16H2,1-2H3/b20-15-. The van der Waals surface area contributed by atoms with Gasteiger partial charge in [0, 0.05) is 32.4 Å². The third kappa shape index (κ3) is 4.38. The summed E-state index contributed by atoms with van der Waals surface area (Å²) >= 11 is 6.76. The van der Waals surface area contributed by atoms with Gasteiger partial charge in [-0.3, -0.25) is 18.9 Å². The summed E-state index contributed by atoms with van der Waals surface area (Å²) < 4.78 is 2.02. The van der Waals surface area contributed by atoms with E-state index in [1.807, 2.05) is 43.3 Å². The summed E-state index contributed by atoms with van der Waals surface area (Å²) in [6, 6.07) is 13.5. The summed E-state index contributed by atoms with van der Waals surface area (Å²) in [4.78, 5) is 38.1. The first kappa shape index (κ1) is 22.8. The monoisotopic (exact) mass is 491 g/mol. The fraction of sp³-hybridized carbons (Fsp3) is 0.280. The highest BCUT2D eigenvalue weighted by molar-refractivity contribution is 8.26. The maximum absolute atomic E-state index is 13.5. The SMILES string of the molecule is Cc1ccc(CN2C(=O)/C(=C/c3c(N4CCN(C)CC4)nc4ccccn4c3=O)SC2=S)cc1. The van der Waals surface area contributed by atoms with Gasteiger partial charge in [0.2, 0.25) is 0 Å². The number of hydrogen-bond acceptors (Lipinski definition) is 7. The molecule has 2 aliphatic rings. The Morgan fingerprint density at radius 1 is 1.06 bits per heavy atom. The molecule has 0 bridgehead atoms. The molecule has 2 saturated heterocycles. The van der Waals surface area contributed by atoms with Crippen molar-refractivity contribution in [2.24, 2.45) is 0 Å². The van der Waals surface area contributed by atoms with Gasteiger partial charge in [0.25, 0.3) is 11.5 Å². The minimum atomic E-state index is -0.191. The lowest BCUT2D eigenvalue weighted by molar-refractivity contribution is -0.122. The van der Waals surface area contributed by atoms with Crippen LogP contribution >= 0.6 is 24.0 Å². The van der Waals surface area contributed by atoms with Crippen molar-refractivity contribution in [1.82, 2.24) is 19.2 Å². The van der Waals surface area contributed by atoms with Gasteiger partial charge in [-0.1, -0.05) is 59.9 Å². The van der Waals surface area contributed by atoms with Crippen molar-refractivity contribution in [1.29, 1.82) is 0 Å². The van der Waals surface area contributed by atoms with Gasteiger partial charge in [-0.25, -0.2) is 4.98 Å². The van der Waals surface area contributed by atoms with Crippen molar-refractivity contribution in [2.45, 2.75) is 13.5 Å². The Kier molecular flexibility index (Phi) is 6.24. The zero-order valence-electron chi connectivity index (χ0n) is 19.1. The predicted molar refractivity (Wildman–Crippen MR) is 141 cm³/mol. The lowest BCUT2D eigenvalue weighted by Crippen LogP contribution is -2.45. The first-order chi connectivity index (χ1) is 16.4. The van der Waals surface area contributed by atoms with E-state index in [-0.39, 0.29) is 11.5 Å². The smallest absolute Gasteiger partial charge is 0.267 e. The molecule has 0 N–H and O–H groups in total. The van der Waals surface area contributed by atoms with Gasteiger partial charge in [-0.2, -0.15) is 0 Å². The second-order valence-electron chi connectivity index (χ2n) is 8.63. The van der Waals surface area contributed by atoms with E-state index < -0.39 is 0 Å². The van der Waals surface area contributed by atoms with Crippen LogP contribution < -0.4 is 10.5 Å². The minimum Gasteiger partial charge on any atom is -0.353 e. The number of carbonyl (C=O) groups excluding carboxylic acids is 1. The number of nitrogens with zero attached hydrogens (tertiary/aromatic N) is 5. The normalized spacial score (nSPS) is 18.5. The number of aromatic nitrogens is 2. The van der Waals surface area contributed by atoms with Crippen LogP contribution in [0, 0.1) is 6.92 Å². The molecule has 5 rings (SSSR count). The van der Waals surface area contributed by atoms with E-state index in [1.165, 1.54) is 16.2 Å². The fourth-order valence-electron chi connectivity index (χ4n) is 4.12. The Hall–Kier alpha value is -3.01. The second-order valence-corrected chi connectivity index (χ2v) is 10.3. The van der Waals surface area contributed by atoms with E-state index in [0.717, 1.165) is 37.3 Å². The molecule has 0 unspecified atom stereocenters. The highest BCUT2D eigenvalue weighted by atomic mass is 32.2. The van der Waals surface area contributed by atoms with E-state index in [9.17, 15) is 9.59 Å². The van der Waals surface area contributed by atoms with Crippen LogP contribution in [-0.2, 0) is 11.3 Å². The number of thiocarbonyl (C=S) groups is 1. The van der Waals surface area contributed by atoms with Gasteiger partial charge in [0.1, 0.15) is 15.8 Å². The Balaban J connectivity index is 1.53. The van der Waals surface area contributed by atoms with E-state index in [2.05, 4.69) is 16.8 Å². The Morgan fingerprint density at radius 3 is 2.53 bits per heavy atom. The summed E-state index contributed by atoms with van der Waals surface area (Å²) in [7, 11) is 2.08. The molecule has 2 aromatic heterocycles. The third-order valence-electron chi connectivity index (χ3n) is 6.16. The number of piperazine rings is 1. The molecule has 2 aliphatic heterocycles. The quantitative estimate of drug-likeness (QED) is 0.410. The number of likely N-dealkylation sites (N-methyl/N-ethyl adjacent to an activating group) is 1. The number of rotatable bonds is 4. The molecule has 34 heavy (non-hydrogen) atoms. The van der Waals surface area contributed by atoms with Crippen LogP contribution in [0.3, 0.4) is 0 Å². The number of thioether (sulfide) groups is 1. The van der Waals surface area contributed by atoms with Crippen LogP contribution in [0.15, 0.2) is 58.4 Å². The fourth-order valence-corrected chi connectivity index (χ4v) is 5.36. The number of anilines is 1. The number of pyridine rings is 1. The van der Waals surface area contributed by atoms with Gasteiger partial charge in [0.05, 0.1) is 17.0 Å². The maximum atomic E-state index is 13.5. The van der Waals surface area contributed by atoms with Crippen LogP contribution in [0.25, 0.3) is 11.7 Å². The highest BCUT2D eigenvalue weighted by Gasteiger charge is 2.33. The van der Waals surface area contributed by atoms with Gasteiger partial charge in [-0.15, -0.1) is 0 Å². The zero-order valence-corrected chi connectivity index (χ0v) is 20.7. The summed E-state index contributed by atoms with van der Waals surface area (Å²) in [6.07, 6.45) is 3.38. The van der Waals surface area contributed by atoms with Crippen molar-refractivity contribution in [3.05, 3.63) is 80.6 Å². The first-order valence-electron chi connectivity index (χ1n) is 11.2. The second kappa shape index (κ2) is 9.32. The van der Waals surface area contributed by atoms with E-state index >= 15 is 0 Å². The summed E-state index contributed by atoms with van der Waals surface area (Å²) in [5.74, 6) is 0.436. The van der Waals surface area contributed by atoms with Crippen LogP contribution in [-0.4, -0.2) is 62.6 Å². The van der Waals surface area contributed by atoms with Crippen LogP contribution in [0.5, 0.6) is 0 Å². The average Bonchev–Trinajstić information content (AvgIpc) is 3.10. The van der Waals surface area contributed by atoms with Crippen molar-refractivity contribution in [3.63, 3.8) is 0 Å². The van der Waals surface area contributed by atoms with Crippen molar-refractivity contribution >= 4 is 51.7 Å². The molecule has 2 fully saturated rings. The van der Waals surface area contributed by atoms with Crippen molar-refractivity contribution < 1.29 is 4.79 Å². The van der Waals surface area contributed by atoms with Crippen molar-refractivity contribution in [2.75, 3.05) is 38.1 Å². The number of aryl methyl sites for hydroxylation is 1. The Morgan fingerprint density at radius 2 is 1.79 bits per heavy atom. The van der Waals surface area contributed by atoms with Crippen LogP contribution in [0.2, 0.25) is 0 Å². The lowest BCUT2D eigenvalue weighted by atomic mass is 10.1. The third-order valence-corrected chi connectivity index (χ3v) is 7.54. The number of fused-ring (bicyclic) bond motifs is 1. The maximum Gasteiger partial charge on any atom is 0.267 e. The summed E-state index contributed by atoms with van der Waals surface area (Å²) in [5.41, 5.74) is 2.99. The molecule has 4 heterocycles. The van der Waals surface area contributed by atoms with Gasteiger partial charge >= 0.3 is 0 Å². The molecule has 7 nitrogen and oxygen atoms in total. The zero-order chi connectivity index (χ0) is 23.8. The predicted octanol–water partition coefficient (Wildman–Crippen LogP) is 3.16. The Bertz CT molecular complexity index is 1360. The molecule has 9 heteroatoms. The van der Waals surface area contributed by atoms with E-state index in [1.54, 1.807) is 23.2 Å². The number of benzene rings is 1. The molecular weight excluding hydrogens is 466 g/mol. The summed E-state index contributed by atoms with van der Waals surface area (Å²) in [5, 5.41) is 0. The largest absolute Gasteiger partial charge is 0.353 e. The average molecular weight is 492 g/mol. The molecule has 0 saturated carbocycles. The first-order valence-corrected chi connectivity index (χ1v) is 12.4. The van der Waals surface area contributed by atoms with Gasteiger partial charge in [0.15, 0.2) is 0 Å². The number of hydrogen-bond donors (Lipinski definition) is 0. The van der Waals surface area contributed by atoms with E-state index in [0.29, 0.717) is 32.8 Å². The molecule has 0 spiro atoms. The van der Waals surface area contributed by atoms with E-state index in [4.69, 9.17) is 17.2 Å². The molecule has 1 aromatic carbocycles. The lowest BCUT2D eigenvalue weighted by Gasteiger charge is -2.34. The minimum absolute atomic E-state index is 0.183. The van der Waals surface area contributed by atoms with Crippen LogP contribution in [0.1, 0.15) is 16.7 Å². The Labute approximate surface area is 207 Å². The molecular formula is C25H25N5O2S2. The molecule has 0 aliphatic carbocycles. The molecule has 0 atom stereocenters. The topological polar surface area (TPSA) is 61.2 Å². The molecule has 0 radical (unpaired) electrons. The molecule has 174 valence electrons.